The molecule has 0 heterocycles. The highest BCUT2D eigenvalue weighted by molar-refractivity contribution is 6.30. The Morgan fingerprint density at radius 3 is 1.38 bits per heavy atom. The second kappa shape index (κ2) is 13.5. The highest BCUT2D eigenvalue weighted by Crippen LogP contribution is 2.24. The maximum Gasteiger partial charge on any atom is 0.264 e. The highest BCUT2D eigenvalue weighted by atomic mass is 35.5. The van der Waals surface area contributed by atoms with Gasteiger partial charge in [-0.05, 0) is 103 Å². The maximum atomic E-state index is 12.6. The Kier molecular flexibility index (Phi) is 10.2. The van der Waals surface area contributed by atoms with Crippen LogP contribution in [0.15, 0.2) is 102 Å². The SMILES string of the molecule is CC(F)(F)CN=Cc1ccc(Oc2ccc(Cl)cc2)cc1.O=Cc1ccc(Oc2ccc(Cl)cc2)cc1. The Labute approximate surface area is 224 Å². The van der Waals surface area contributed by atoms with Crippen LogP contribution in [-0.4, -0.2) is 25.0 Å². The van der Waals surface area contributed by atoms with Gasteiger partial charge in [-0.15, -0.1) is 0 Å². The molecule has 0 saturated carbocycles. The third-order valence-electron chi connectivity index (χ3n) is 4.60. The molecule has 190 valence electrons. The summed E-state index contributed by atoms with van der Waals surface area (Å²) in [7, 11) is 0. The van der Waals surface area contributed by atoms with Gasteiger partial charge in [0.2, 0.25) is 0 Å². The maximum absolute atomic E-state index is 12.6. The number of ether oxygens (including phenoxy) is 2. The fourth-order valence-corrected chi connectivity index (χ4v) is 3.08. The largest absolute Gasteiger partial charge is 0.457 e. The van der Waals surface area contributed by atoms with E-state index in [1.54, 1.807) is 97.1 Å². The van der Waals surface area contributed by atoms with E-state index in [0.29, 0.717) is 38.6 Å². The Balaban J connectivity index is 0.000000213. The lowest BCUT2D eigenvalue weighted by molar-refractivity contribution is 0.0328. The first kappa shape index (κ1) is 27.8. The van der Waals surface area contributed by atoms with Crippen molar-refractivity contribution in [1.29, 1.82) is 0 Å². The second-order valence-electron chi connectivity index (χ2n) is 7.91. The van der Waals surface area contributed by atoms with Gasteiger partial charge < -0.3 is 9.47 Å². The number of aldehydes is 1. The fourth-order valence-electron chi connectivity index (χ4n) is 2.83. The molecule has 0 N–H and O–H groups in total. The minimum atomic E-state index is -2.78. The van der Waals surface area contributed by atoms with E-state index in [9.17, 15) is 13.6 Å². The first-order valence-electron chi connectivity index (χ1n) is 11.1. The van der Waals surface area contributed by atoms with Gasteiger partial charge in [0.25, 0.3) is 5.92 Å². The fraction of sp³-hybridized carbons (Fsp3) is 0.103. The lowest BCUT2D eigenvalue weighted by Crippen LogP contribution is -2.13. The standard InChI is InChI=1S/C16H14ClF2NO.C13H9ClO2/c1-16(18,19)11-20-10-12-2-6-14(7-3-12)21-15-8-4-13(17)5-9-15;14-11-3-7-13(8-4-11)16-12-5-1-10(9-15)2-6-12/h2-10H,11H2,1H3;1-9H. The van der Waals surface area contributed by atoms with E-state index >= 15 is 0 Å². The number of carbonyl (C=O) groups excluding carboxylic acids is 1. The summed E-state index contributed by atoms with van der Waals surface area (Å²) in [4.78, 5) is 14.2. The van der Waals surface area contributed by atoms with Crippen LogP contribution in [0.3, 0.4) is 0 Å². The summed E-state index contributed by atoms with van der Waals surface area (Å²) in [5.41, 5.74) is 1.37. The molecule has 37 heavy (non-hydrogen) atoms. The van der Waals surface area contributed by atoms with Crippen molar-refractivity contribution in [1.82, 2.24) is 0 Å². The van der Waals surface area contributed by atoms with Crippen LogP contribution >= 0.6 is 23.2 Å². The van der Waals surface area contributed by atoms with Crippen molar-refractivity contribution in [2.24, 2.45) is 4.99 Å². The van der Waals surface area contributed by atoms with Gasteiger partial charge in [-0.25, -0.2) is 8.78 Å². The summed E-state index contributed by atoms with van der Waals surface area (Å²) in [6, 6.07) is 28.0. The Bertz CT molecular complexity index is 1290. The molecule has 0 amide bonds. The molecular weight excluding hydrogens is 519 g/mol. The third kappa shape index (κ3) is 10.4. The Hall–Kier alpha value is -3.74. The van der Waals surface area contributed by atoms with Crippen molar-refractivity contribution in [2.45, 2.75) is 12.8 Å². The minimum absolute atomic E-state index is 0.518. The van der Waals surface area contributed by atoms with Crippen LogP contribution in [-0.2, 0) is 0 Å². The van der Waals surface area contributed by atoms with Gasteiger partial charge in [-0.3, -0.25) is 9.79 Å². The topological polar surface area (TPSA) is 47.9 Å². The van der Waals surface area contributed by atoms with Gasteiger partial charge >= 0.3 is 0 Å². The number of hydrogen-bond acceptors (Lipinski definition) is 4. The molecule has 4 aromatic carbocycles. The van der Waals surface area contributed by atoms with Gasteiger partial charge in [0.15, 0.2) is 0 Å². The number of nitrogens with zero attached hydrogens (tertiary/aromatic N) is 1. The van der Waals surface area contributed by atoms with Crippen molar-refractivity contribution in [3.05, 3.63) is 118 Å². The van der Waals surface area contributed by atoms with E-state index in [2.05, 4.69) is 4.99 Å². The summed E-state index contributed by atoms with van der Waals surface area (Å²) in [5.74, 6) is -0.0633. The minimum Gasteiger partial charge on any atom is -0.457 e. The molecule has 0 aliphatic heterocycles. The third-order valence-corrected chi connectivity index (χ3v) is 5.11. The van der Waals surface area contributed by atoms with Gasteiger partial charge in [-0.1, -0.05) is 23.2 Å². The molecular formula is C29H23Cl2F2NO3. The molecule has 0 aliphatic rings. The van der Waals surface area contributed by atoms with Crippen LogP contribution in [0.5, 0.6) is 23.0 Å². The van der Waals surface area contributed by atoms with E-state index < -0.39 is 12.5 Å². The van der Waals surface area contributed by atoms with Crippen LogP contribution in [0.2, 0.25) is 10.0 Å². The number of halogens is 4. The van der Waals surface area contributed by atoms with E-state index in [-0.39, 0.29) is 0 Å². The first-order valence-corrected chi connectivity index (χ1v) is 11.9. The predicted octanol–water partition coefficient (Wildman–Crippen LogP) is 9.15. The summed E-state index contributed by atoms with van der Waals surface area (Å²) in [6.45, 7) is 0.323. The van der Waals surface area contributed by atoms with Crippen molar-refractivity contribution in [2.75, 3.05) is 6.54 Å². The number of aliphatic imine (C=N–C) groups is 1. The van der Waals surface area contributed by atoms with Gasteiger partial charge in [-0.2, -0.15) is 0 Å². The predicted molar refractivity (Wildman–Crippen MR) is 144 cm³/mol. The van der Waals surface area contributed by atoms with Crippen molar-refractivity contribution < 1.29 is 23.0 Å². The van der Waals surface area contributed by atoms with Crippen LogP contribution in [0.1, 0.15) is 22.8 Å². The number of alkyl halides is 2. The lowest BCUT2D eigenvalue weighted by Gasteiger charge is -2.06. The van der Waals surface area contributed by atoms with Crippen LogP contribution < -0.4 is 9.47 Å². The quantitative estimate of drug-likeness (QED) is 0.165. The average Bonchev–Trinajstić information content (AvgIpc) is 2.88. The van der Waals surface area contributed by atoms with Crippen molar-refractivity contribution in [3.63, 3.8) is 0 Å². The molecule has 0 radical (unpaired) electrons. The van der Waals surface area contributed by atoms with Gasteiger partial charge in [0, 0.05) is 28.7 Å². The highest BCUT2D eigenvalue weighted by Gasteiger charge is 2.19. The van der Waals surface area contributed by atoms with E-state index in [4.69, 9.17) is 32.7 Å². The number of benzene rings is 4. The van der Waals surface area contributed by atoms with E-state index in [0.717, 1.165) is 18.8 Å². The molecule has 8 heteroatoms. The van der Waals surface area contributed by atoms with E-state index in [1.165, 1.54) is 6.21 Å². The molecule has 0 fully saturated rings. The Morgan fingerprint density at radius 1 is 0.676 bits per heavy atom. The molecule has 0 aliphatic carbocycles. The number of carbonyl (C=O) groups is 1. The summed E-state index contributed by atoms with van der Waals surface area (Å²) < 4.78 is 36.4. The molecule has 4 aromatic rings. The molecule has 4 nitrogen and oxygen atoms in total. The summed E-state index contributed by atoms with van der Waals surface area (Å²) in [5, 5.41) is 1.31. The molecule has 0 spiro atoms. The number of hydrogen-bond donors (Lipinski definition) is 0. The molecule has 4 rings (SSSR count). The Morgan fingerprint density at radius 2 is 1.03 bits per heavy atom. The lowest BCUT2D eigenvalue weighted by atomic mass is 10.2. The van der Waals surface area contributed by atoms with Crippen molar-refractivity contribution in [3.8, 4) is 23.0 Å². The van der Waals surface area contributed by atoms with Gasteiger partial charge in [0.05, 0.1) is 0 Å². The summed E-state index contributed by atoms with van der Waals surface area (Å²) >= 11 is 11.6. The molecule has 0 saturated heterocycles. The van der Waals surface area contributed by atoms with Crippen LogP contribution in [0.25, 0.3) is 0 Å². The molecule has 0 atom stereocenters. The molecule has 0 unspecified atom stereocenters. The summed E-state index contributed by atoms with van der Waals surface area (Å²) in [6.07, 6.45) is 2.22. The van der Waals surface area contributed by atoms with Crippen molar-refractivity contribution >= 4 is 35.7 Å². The zero-order valence-electron chi connectivity index (χ0n) is 19.8. The number of rotatable bonds is 8. The van der Waals surface area contributed by atoms with E-state index in [1.807, 2.05) is 0 Å². The van der Waals surface area contributed by atoms with Crippen LogP contribution in [0.4, 0.5) is 8.78 Å². The smallest absolute Gasteiger partial charge is 0.264 e. The van der Waals surface area contributed by atoms with Crippen LogP contribution in [0, 0.1) is 0 Å². The van der Waals surface area contributed by atoms with Gasteiger partial charge in [0.1, 0.15) is 35.8 Å². The zero-order valence-corrected chi connectivity index (χ0v) is 21.3. The first-order chi connectivity index (χ1) is 17.7. The molecule has 0 aromatic heterocycles. The monoisotopic (exact) mass is 541 g/mol. The normalized spacial score (nSPS) is 10.9. The average molecular weight is 542 g/mol. The second-order valence-corrected chi connectivity index (χ2v) is 8.78. The zero-order chi connectivity index (χ0) is 26.7. The molecule has 0 bridgehead atoms.